The molecule has 1 atom stereocenters. The lowest BCUT2D eigenvalue weighted by atomic mass is 10.2. The summed E-state index contributed by atoms with van der Waals surface area (Å²) in [6, 6.07) is 2.62. The fourth-order valence-electron chi connectivity index (χ4n) is 1.21. The van der Waals surface area contributed by atoms with Gasteiger partial charge in [0, 0.05) is 25.5 Å². The molecule has 1 rings (SSSR count). The first-order chi connectivity index (χ1) is 5.24. The van der Waals surface area contributed by atoms with Gasteiger partial charge in [0.1, 0.15) is 0 Å². The minimum Gasteiger partial charge on any atom is -0.357 e. The van der Waals surface area contributed by atoms with Crippen molar-refractivity contribution in [2.45, 2.75) is 19.9 Å². The molecular formula is C9H16N2. The molecule has 62 valence electrons. The average Bonchev–Trinajstić information content (AvgIpc) is 2.36. The van der Waals surface area contributed by atoms with Crippen molar-refractivity contribution < 1.29 is 0 Å². The number of aryl methyl sites for hydroxylation is 1. The fourth-order valence-corrected chi connectivity index (χ4v) is 1.21. The van der Waals surface area contributed by atoms with E-state index in [0.717, 1.165) is 6.54 Å². The smallest absolute Gasteiger partial charge is 0.0306 e. The SMILES string of the molecule is CCNC(C)c1ccn(C)c1. The van der Waals surface area contributed by atoms with E-state index < -0.39 is 0 Å². The number of nitrogens with one attached hydrogen (secondary N) is 1. The minimum atomic E-state index is 0.473. The molecule has 0 aliphatic heterocycles. The zero-order chi connectivity index (χ0) is 8.27. The predicted molar refractivity (Wildman–Crippen MR) is 47.5 cm³/mol. The largest absolute Gasteiger partial charge is 0.357 e. The van der Waals surface area contributed by atoms with Gasteiger partial charge in [0.15, 0.2) is 0 Å². The number of rotatable bonds is 3. The molecule has 0 aromatic carbocycles. The first-order valence-corrected chi connectivity index (χ1v) is 4.09. The fraction of sp³-hybridized carbons (Fsp3) is 0.556. The number of hydrogen-bond acceptors (Lipinski definition) is 1. The van der Waals surface area contributed by atoms with Gasteiger partial charge in [-0.2, -0.15) is 0 Å². The van der Waals surface area contributed by atoms with Gasteiger partial charge >= 0.3 is 0 Å². The summed E-state index contributed by atoms with van der Waals surface area (Å²) < 4.78 is 2.07. The van der Waals surface area contributed by atoms with Crippen molar-refractivity contribution >= 4 is 0 Å². The highest BCUT2D eigenvalue weighted by Crippen LogP contribution is 2.10. The normalized spacial score (nSPS) is 13.4. The third kappa shape index (κ3) is 2.09. The van der Waals surface area contributed by atoms with Crippen LogP contribution in [0.15, 0.2) is 18.5 Å². The highest BCUT2D eigenvalue weighted by Gasteiger charge is 2.02. The molecule has 0 bridgehead atoms. The van der Waals surface area contributed by atoms with E-state index in [0.29, 0.717) is 6.04 Å². The number of hydrogen-bond donors (Lipinski definition) is 1. The Morgan fingerprint density at radius 2 is 2.36 bits per heavy atom. The van der Waals surface area contributed by atoms with Crippen molar-refractivity contribution in [3.63, 3.8) is 0 Å². The summed E-state index contributed by atoms with van der Waals surface area (Å²) in [5.74, 6) is 0. The topological polar surface area (TPSA) is 17.0 Å². The summed E-state index contributed by atoms with van der Waals surface area (Å²) in [6.07, 6.45) is 4.22. The van der Waals surface area contributed by atoms with Crippen LogP contribution >= 0.6 is 0 Å². The molecular weight excluding hydrogens is 136 g/mol. The average molecular weight is 152 g/mol. The van der Waals surface area contributed by atoms with Crippen LogP contribution in [0.5, 0.6) is 0 Å². The van der Waals surface area contributed by atoms with Crippen molar-refractivity contribution in [2.75, 3.05) is 6.54 Å². The minimum absolute atomic E-state index is 0.473. The Balaban J connectivity index is 2.60. The lowest BCUT2D eigenvalue weighted by Crippen LogP contribution is -2.17. The molecule has 0 spiro atoms. The zero-order valence-electron chi connectivity index (χ0n) is 7.46. The Morgan fingerprint density at radius 1 is 1.64 bits per heavy atom. The quantitative estimate of drug-likeness (QED) is 0.697. The number of aromatic nitrogens is 1. The first kappa shape index (κ1) is 8.34. The lowest BCUT2D eigenvalue weighted by molar-refractivity contribution is 0.597. The van der Waals surface area contributed by atoms with Crippen molar-refractivity contribution in [1.29, 1.82) is 0 Å². The molecule has 0 aliphatic rings. The molecule has 1 heterocycles. The zero-order valence-corrected chi connectivity index (χ0v) is 7.46. The van der Waals surface area contributed by atoms with Crippen LogP contribution < -0.4 is 5.32 Å². The van der Waals surface area contributed by atoms with Gasteiger partial charge < -0.3 is 9.88 Å². The van der Waals surface area contributed by atoms with Gasteiger partial charge in [-0.15, -0.1) is 0 Å². The van der Waals surface area contributed by atoms with E-state index in [-0.39, 0.29) is 0 Å². The second-order valence-corrected chi connectivity index (χ2v) is 2.89. The third-order valence-electron chi connectivity index (χ3n) is 1.87. The van der Waals surface area contributed by atoms with E-state index in [4.69, 9.17) is 0 Å². The maximum atomic E-state index is 3.36. The van der Waals surface area contributed by atoms with Crippen LogP contribution in [-0.4, -0.2) is 11.1 Å². The van der Waals surface area contributed by atoms with Gasteiger partial charge in [0.2, 0.25) is 0 Å². The van der Waals surface area contributed by atoms with Crippen LogP contribution in [0.2, 0.25) is 0 Å². The molecule has 0 radical (unpaired) electrons. The second kappa shape index (κ2) is 3.58. The van der Waals surface area contributed by atoms with Crippen LogP contribution in [0.1, 0.15) is 25.5 Å². The van der Waals surface area contributed by atoms with E-state index in [2.05, 4.69) is 42.2 Å². The van der Waals surface area contributed by atoms with E-state index in [1.165, 1.54) is 5.56 Å². The molecule has 0 fully saturated rings. The van der Waals surface area contributed by atoms with E-state index in [9.17, 15) is 0 Å². The standard InChI is InChI=1S/C9H16N2/c1-4-10-8(2)9-5-6-11(3)7-9/h5-8,10H,4H2,1-3H3. The molecule has 2 nitrogen and oxygen atoms in total. The molecule has 1 aromatic rings. The summed E-state index contributed by atoms with van der Waals surface area (Å²) in [4.78, 5) is 0. The van der Waals surface area contributed by atoms with Gasteiger partial charge in [-0.1, -0.05) is 6.92 Å². The third-order valence-corrected chi connectivity index (χ3v) is 1.87. The van der Waals surface area contributed by atoms with E-state index in [1.807, 2.05) is 7.05 Å². The Morgan fingerprint density at radius 3 is 2.82 bits per heavy atom. The number of nitrogens with zero attached hydrogens (tertiary/aromatic N) is 1. The van der Waals surface area contributed by atoms with Crippen LogP contribution in [0.4, 0.5) is 0 Å². The monoisotopic (exact) mass is 152 g/mol. The highest BCUT2D eigenvalue weighted by molar-refractivity contribution is 5.13. The second-order valence-electron chi connectivity index (χ2n) is 2.89. The summed E-state index contributed by atoms with van der Waals surface area (Å²) in [6.45, 7) is 5.33. The van der Waals surface area contributed by atoms with E-state index in [1.54, 1.807) is 0 Å². The molecule has 1 N–H and O–H groups in total. The van der Waals surface area contributed by atoms with Gasteiger partial charge in [-0.3, -0.25) is 0 Å². The van der Waals surface area contributed by atoms with Crippen LogP contribution in [-0.2, 0) is 7.05 Å². The maximum absolute atomic E-state index is 3.36. The summed E-state index contributed by atoms with van der Waals surface area (Å²) in [7, 11) is 2.04. The molecule has 0 aliphatic carbocycles. The maximum Gasteiger partial charge on any atom is 0.0306 e. The van der Waals surface area contributed by atoms with Crippen molar-refractivity contribution in [2.24, 2.45) is 7.05 Å². The molecule has 0 amide bonds. The Hall–Kier alpha value is -0.760. The summed E-state index contributed by atoms with van der Waals surface area (Å²) in [5.41, 5.74) is 1.36. The summed E-state index contributed by atoms with van der Waals surface area (Å²) >= 11 is 0. The molecule has 2 heteroatoms. The molecule has 11 heavy (non-hydrogen) atoms. The van der Waals surface area contributed by atoms with Crippen LogP contribution in [0.25, 0.3) is 0 Å². The first-order valence-electron chi connectivity index (χ1n) is 4.09. The van der Waals surface area contributed by atoms with Gasteiger partial charge in [0.05, 0.1) is 0 Å². The highest BCUT2D eigenvalue weighted by atomic mass is 14.9. The van der Waals surface area contributed by atoms with Gasteiger partial charge in [-0.05, 0) is 25.1 Å². The Kier molecular flexibility index (Phi) is 2.71. The van der Waals surface area contributed by atoms with Gasteiger partial charge in [0.25, 0.3) is 0 Å². The van der Waals surface area contributed by atoms with Crippen molar-refractivity contribution in [3.05, 3.63) is 24.0 Å². The Bertz CT molecular complexity index is 215. The van der Waals surface area contributed by atoms with Crippen LogP contribution in [0.3, 0.4) is 0 Å². The molecule has 0 saturated heterocycles. The Labute approximate surface area is 68.2 Å². The van der Waals surface area contributed by atoms with Gasteiger partial charge in [-0.25, -0.2) is 0 Å². The van der Waals surface area contributed by atoms with Crippen molar-refractivity contribution in [1.82, 2.24) is 9.88 Å². The lowest BCUT2D eigenvalue weighted by Gasteiger charge is -2.09. The van der Waals surface area contributed by atoms with Crippen LogP contribution in [0, 0.1) is 0 Å². The molecule has 0 saturated carbocycles. The summed E-state index contributed by atoms with van der Waals surface area (Å²) in [5, 5.41) is 3.36. The van der Waals surface area contributed by atoms with Crippen molar-refractivity contribution in [3.8, 4) is 0 Å². The van der Waals surface area contributed by atoms with E-state index >= 15 is 0 Å². The molecule has 1 aromatic heterocycles. The molecule has 1 unspecified atom stereocenters. The predicted octanol–water partition coefficient (Wildman–Crippen LogP) is 1.70.